The van der Waals surface area contributed by atoms with E-state index in [-0.39, 0.29) is 12.0 Å². The summed E-state index contributed by atoms with van der Waals surface area (Å²) in [5, 5.41) is 1.87. The monoisotopic (exact) mass is 347 g/mol. The summed E-state index contributed by atoms with van der Waals surface area (Å²) in [5.74, 6) is 2.18. The Morgan fingerprint density at radius 1 is 1.38 bits per heavy atom. The van der Waals surface area contributed by atoms with Gasteiger partial charge in [0.25, 0.3) is 5.91 Å². The van der Waals surface area contributed by atoms with Crippen molar-refractivity contribution in [2.24, 2.45) is 0 Å². The first-order chi connectivity index (χ1) is 11.6. The molecule has 3 rings (SSSR count). The third-order valence-electron chi connectivity index (χ3n) is 3.94. The molecule has 0 unspecified atom stereocenters. The lowest BCUT2D eigenvalue weighted by Crippen LogP contribution is -2.30. The van der Waals surface area contributed by atoms with Gasteiger partial charge in [-0.2, -0.15) is 0 Å². The summed E-state index contributed by atoms with van der Waals surface area (Å²) in [6.45, 7) is 1.25. The fourth-order valence-electron chi connectivity index (χ4n) is 2.76. The van der Waals surface area contributed by atoms with E-state index in [1.807, 2.05) is 47.5 Å². The van der Waals surface area contributed by atoms with Crippen LogP contribution in [0.1, 0.15) is 16.1 Å². The second-order valence-corrected chi connectivity index (χ2v) is 6.73. The van der Waals surface area contributed by atoms with E-state index in [1.54, 1.807) is 13.3 Å². The maximum absolute atomic E-state index is 12.6. The van der Waals surface area contributed by atoms with Crippen LogP contribution >= 0.6 is 11.3 Å². The molecule has 0 N–H and O–H groups in total. The van der Waals surface area contributed by atoms with Crippen LogP contribution in [0, 0.1) is 0 Å². The average molecular weight is 347 g/mol. The van der Waals surface area contributed by atoms with Gasteiger partial charge in [-0.3, -0.25) is 4.79 Å². The summed E-state index contributed by atoms with van der Waals surface area (Å²) >= 11 is 1.41. The summed E-state index contributed by atoms with van der Waals surface area (Å²) < 4.78 is 11.3. The minimum absolute atomic E-state index is 0.00645. The Labute approximate surface area is 145 Å². The van der Waals surface area contributed by atoms with E-state index in [0.717, 1.165) is 18.0 Å². The molecule has 1 fully saturated rings. The minimum Gasteiger partial charge on any atom is -0.495 e. The molecule has 1 amide bonds. The van der Waals surface area contributed by atoms with E-state index in [1.165, 1.54) is 11.3 Å². The van der Waals surface area contributed by atoms with Gasteiger partial charge in [0.15, 0.2) is 11.6 Å². The third-order valence-corrected chi connectivity index (χ3v) is 4.83. The standard InChI is InChI=1S/C17H21N3O3S/c1-19(2)16-14(5-4-8-18-16)23-12-6-9-20(11-12)17(21)15-13(22-3)7-10-24-15/h4-5,7-8,10,12H,6,9,11H2,1-3H3/t12-/m0/s1. The van der Waals surface area contributed by atoms with Crippen LogP contribution in [0.15, 0.2) is 29.8 Å². The van der Waals surface area contributed by atoms with Crippen molar-refractivity contribution in [2.75, 3.05) is 39.2 Å². The van der Waals surface area contributed by atoms with Gasteiger partial charge >= 0.3 is 0 Å². The lowest BCUT2D eigenvalue weighted by atomic mass is 10.3. The van der Waals surface area contributed by atoms with Crippen LogP contribution in [-0.4, -0.2) is 56.2 Å². The van der Waals surface area contributed by atoms with Crippen LogP contribution in [0.25, 0.3) is 0 Å². The number of methoxy groups -OCH3 is 1. The summed E-state index contributed by atoms with van der Waals surface area (Å²) in [5.41, 5.74) is 0. The number of nitrogens with zero attached hydrogens (tertiary/aromatic N) is 3. The smallest absolute Gasteiger partial charge is 0.267 e. The zero-order chi connectivity index (χ0) is 17.1. The predicted octanol–water partition coefficient (Wildman–Crippen LogP) is 2.51. The number of carbonyl (C=O) groups excluding carboxylic acids is 1. The van der Waals surface area contributed by atoms with Crippen molar-refractivity contribution in [2.45, 2.75) is 12.5 Å². The van der Waals surface area contributed by atoms with Crippen LogP contribution in [0.5, 0.6) is 11.5 Å². The lowest BCUT2D eigenvalue weighted by Gasteiger charge is -2.20. The van der Waals surface area contributed by atoms with Gasteiger partial charge in [-0.25, -0.2) is 4.98 Å². The Bertz CT molecular complexity index is 717. The van der Waals surface area contributed by atoms with Crippen molar-refractivity contribution >= 4 is 23.1 Å². The number of aromatic nitrogens is 1. The molecule has 0 saturated carbocycles. The zero-order valence-corrected chi connectivity index (χ0v) is 14.9. The molecule has 128 valence electrons. The van der Waals surface area contributed by atoms with Crippen LogP contribution in [0.2, 0.25) is 0 Å². The fourth-order valence-corrected chi connectivity index (χ4v) is 3.58. The lowest BCUT2D eigenvalue weighted by molar-refractivity contribution is 0.0774. The van der Waals surface area contributed by atoms with Gasteiger partial charge in [-0.05, 0) is 23.6 Å². The molecule has 1 aliphatic heterocycles. The highest BCUT2D eigenvalue weighted by Crippen LogP contribution is 2.30. The van der Waals surface area contributed by atoms with E-state index in [9.17, 15) is 4.79 Å². The molecule has 1 aliphatic rings. The molecule has 6 nitrogen and oxygen atoms in total. The number of rotatable bonds is 5. The molecule has 0 aromatic carbocycles. The highest BCUT2D eigenvalue weighted by Gasteiger charge is 2.30. The fraction of sp³-hybridized carbons (Fsp3) is 0.412. The Balaban J connectivity index is 1.67. The quantitative estimate of drug-likeness (QED) is 0.832. The van der Waals surface area contributed by atoms with E-state index in [2.05, 4.69) is 4.98 Å². The first-order valence-electron chi connectivity index (χ1n) is 7.80. The number of hydrogen-bond acceptors (Lipinski definition) is 6. The minimum atomic E-state index is -0.0252. The summed E-state index contributed by atoms with van der Waals surface area (Å²) in [4.78, 5) is 21.4. The van der Waals surface area contributed by atoms with Gasteiger partial charge in [-0.1, -0.05) is 0 Å². The molecule has 0 bridgehead atoms. The van der Waals surface area contributed by atoms with Gasteiger partial charge < -0.3 is 19.3 Å². The topological polar surface area (TPSA) is 54.9 Å². The second kappa shape index (κ2) is 7.09. The van der Waals surface area contributed by atoms with Gasteiger partial charge in [-0.15, -0.1) is 11.3 Å². The molecule has 3 heterocycles. The highest BCUT2D eigenvalue weighted by molar-refractivity contribution is 7.12. The zero-order valence-electron chi connectivity index (χ0n) is 14.1. The van der Waals surface area contributed by atoms with Crippen LogP contribution in [0.3, 0.4) is 0 Å². The number of ether oxygens (including phenoxy) is 2. The molecule has 0 radical (unpaired) electrons. The van der Waals surface area contributed by atoms with E-state index in [4.69, 9.17) is 9.47 Å². The average Bonchev–Trinajstić information content (AvgIpc) is 3.23. The van der Waals surface area contributed by atoms with E-state index in [0.29, 0.717) is 23.7 Å². The van der Waals surface area contributed by atoms with Crippen molar-refractivity contribution in [3.8, 4) is 11.5 Å². The normalized spacial score (nSPS) is 17.0. The Morgan fingerprint density at radius 3 is 2.96 bits per heavy atom. The Hall–Kier alpha value is -2.28. The highest BCUT2D eigenvalue weighted by atomic mass is 32.1. The molecule has 2 aromatic rings. The molecule has 0 aliphatic carbocycles. The SMILES string of the molecule is COc1ccsc1C(=O)N1CC[C@H](Oc2cccnc2N(C)C)C1. The Kier molecular flexibility index (Phi) is 4.89. The van der Waals surface area contributed by atoms with Crippen molar-refractivity contribution < 1.29 is 14.3 Å². The van der Waals surface area contributed by atoms with Crippen molar-refractivity contribution in [3.63, 3.8) is 0 Å². The molecule has 0 spiro atoms. The molecule has 1 atom stereocenters. The van der Waals surface area contributed by atoms with Crippen LogP contribution in [0.4, 0.5) is 5.82 Å². The number of pyridine rings is 1. The molecule has 2 aromatic heterocycles. The summed E-state index contributed by atoms with van der Waals surface area (Å²) in [6.07, 6.45) is 2.53. The van der Waals surface area contributed by atoms with E-state index < -0.39 is 0 Å². The van der Waals surface area contributed by atoms with Crippen LogP contribution in [-0.2, 0) is 0 Å². The maximum atomic E-state index is 12.6. The van der Waals surface area contributed by atoms with Gasteiger partial charge in [0.1, 0.15) is 16.7 Å². The second-order valence-electron chi connectivity index (χ2n) is 5.82. The maximum Gasteiger partial charge on any atom is 0.267 e. The predicted molar refractivity (Wildman–Crippen MR) is 94.4 cm³/mol. The first-order valence-corrected chi connectivity index (χ1v) is 8.68. The Morgan fingerprint density at radius 2 is 2.21 bits per heavy atom. The number of amides is 1. The number of carbonyl (C=O) groups is 1. The van der Waals surface area contributed by atoms with Crippen LogP contribution < -0.4 is 14.4 Å². The number of likely N-dealkylation sites (tertiary alicyclic amines) is 1. The van der Waals surface area contributed by atoms with Gasteiger partial charge in [0.05, 0.1) is 13.7 Å². The van der Waals surface area contributed by atoms with Crippen molar-refractivity contribution in [1.29, 1.82) is 0 Å². The van der Waals surface area contributed by atoms with Gasteiger partial charge in [0, 0.05) is 33.3 Å². The molecular formula is C17H21N3O3S. The van der Waals surface area contributed by atoms with Crippen molar-refractivity contribution in [1.82, 2.24) is 9.88 Å². The van der Waals surface area contributed by atoms with Crippen molar-refractivity contribution in [3.05, 3.63) is 34.7 Å². The largest absolute Gasteiger partial charge is 0.495 e. The molecule has 24 heavy (non-hydrogen) atoms. The van der Waals surface area contributed by atoms with E-state index >= 15 is 0 Å². The summed E-state index contributed by atoms with van der Waals surface area (Å²) in [7, 11) is 5.45. The molecule has 7 heteroatoms. The third kappa shape index (κ3) is 3.31. The molecular weight excluding hydrogens is 326 g/mol. The number of anilines is 1. The number of hydrogen-bond donors (Lipinski definition) is 0. The number of thiophene rings is 1. The van der Waals surface area contributed by atoms with Gasteiger partial charge in [0.2, 0.25) is 0 Å². The first kappa shape index (κ1) is 16.6. The summed E-state index contributed by atoms with van der Waals surface area (Å²) in [6, 6.07) is 5.59. The molecule has 1 saturated heterocycles.